The summed E-state index contributed by atoms with van der Waals surface area (Å²) in [6, 6.07) is 0. The molecule has 2 heterocycles. The molecule has 2 rings (SSSR count). The maximum Gasteiger partial charge on any atom is 0.330 e. The predicted octanol–water partition coefficient (Wildman–Crippen LogP) is 1.06. The largest absolute Gasteiger partial charge is 0.462 e. The van der Waals surface area contributed by atoms with E-state index in [0.717, 1.165) is 4.57 Å². The van der Waals surface area contributed by atoms with Crippen LogP contribution in [0.5, 0.6) is 0 Å². The summed E-state index contributed by atoms with van der Waals surface area (Å²) in [5.41, 5.74) is -1.51. The number of ether oxygens (including phenoxy) is 2. The van der Waals surface area contributed by atoms with Crippen molar-refractivity contribution in [3.05, 3.63) is 32.6 Å². The SMILES string of the molecule is Cc1cn([C@H]2CC(F)[C@@H](COC(=O)C(C)(C)C)O2)c(=O)[nH]c1=O. The smallest absolute Gasteiger partial charge is 0.330 e. The predicted molar refractivity (Wildman–Crippen MR) is 79.9 cm³/mol. The molecule has 0 bridgehead atoms. The first kappa shape index (κ1) is 17.4. The van der Waals surface area contributed by atoms with Gasteiger partial charge < -0.3 is 9.47 Å². The van der Waals surface area contributed by atoms with Gasteiger partial charge in [0, 0.05) is 18.2 Å². The number of rotatable bonds is 3. The second-order valence-electron chi connectivity index (χ2n) is 6.71. The number of halogens is 1. The van der Waals surface area contributed by atoms with E-state index >= 15 is 0 Å². The minimum atomic E-state index is -1.37. The van der Waals surface area contributed by atoms with Crippen molar-refractivity contribution in [2.24, 2.45) is 5.41 Å². The Morgan fingerprint density at radius 3 is 2.74 bits per heavy atom. The van der Waals surface area contributed by atoms with Crippen LogP contribution in [0.3, 0.4) is 0 Å². The Morgan fingerprint density at radius 1 is 1.48 bits per heavy atom. The molecule has 1 aliphatic heterocycles. The summed E-state index contributed by atoms with van der Waals surface area (Å²) in [4.78, 5) is 37.0. The number of hydrogen-bond donors (Lipinski definition) is 1. The highest BCUT2D eigenvalue weighted by molar-refractivity contribution is 5.75. The third-order valence-electron chi connectivity index (χ3n) is 3.61. The van der Waals surface area contributed by atoms with Gasteiger partial charge in [-0.25, -0.2) is 9.18 Å². The topological polar surface area (TPSA) is 90.4 Å². The zero-order valence-corrected chi connectivity index (χ0v) is 13.6. The van der Waals surface area contributed by atoms with Crippen LogP contribution in [-0.2, 0) is 14.3 Å². The number of H-pyrrole nitrogens is 1. The number of aryl methyl sites for hydroxylation is 1. The van der Waals surface area contributed by atoms with Crippen LogP contribution in [0.1, 0.15) is 39.0 Å². The quantitative estimate of drug-likeness (QED) is 0.838. The van der Waals surface area contributed by atoms with E-state index in [-0.39, 0.29) is 13.0 Å². The minimum absolute atomic E-state index is 0.0525. The molecule has 0 amide bonds. The van der Waals surface area contributed by atoms with Crippen molar-refractivity contribution in [1.82, 2.24) is 9.55 Å². The van der Waals surface area contributed by atoms with Crippen LogP contribution in [0.25, 0.3) is 0 Å². The lowest BCUT2D eigenvalue weighted by atomic mass is 9.97. The molecule has 1 fully saturated rings. The molecule has 3 atom stereocenters. The highest BCUT2D eigenvalue weighted by atomic mass is 19.1. The number of alkyl halides is 1. The maximum atomic E-state index is 14.1. The normalized spacial score (nSPS) is 24.7. The molecule has 128 valence electrons. The van der Waals surface area contributed by atoms with Gasteiger partial charge in [-0.15, -0.1) is 0 Å². The fraction of sp³-hybridized carbons (Fsp3) is 0.667. The summed E-state index contributed by atoms with van der Waals surface area (Å²) in [5, 5.41) is 0. The van der Waals surface area contributed by atoms with E-state index in [1.54, 1.807) is 27.7 Å². The van der Waals surface area contributed by atoms with Crippen molar-refractivity contribution in [3.63, 3.8) is 0 Å². The summed E-state index contributed by atoms with van der Waals surface area (Å²) in [7, 11) is 0. The first-order chi connectivity index (χ1) is 10.6. The van der Waals surface area contributed by atoms with E-state index in [4.69, 9.17) is 9.47 Å². The van der Waals surface area contributed by atoms with Crippen molar-refractivity contribution in [2.45, 2.75) is 52.6 Å². The molecule has 0 saturated carbocycles. The Kier molecular flexibility index (Phi) is 4.74. The Hall–Kier alpha value is -1.96. The van der Waals surface area contributed by atoms with E-state index < -0.39 is 41.1 Å². The van der Waals surface area contributed by atoms with E-state index in [2.05, 4.69) is 4.98 Å². The number of hydrogen-bond acceptors (Lipinski definition) is 5. The minimum Gasteiger partial charge on any atom is -0.462 e. The van der Waals surface area contributed by atoms with E-state index in [9.17, 15) is 18.8 Å². The average Bonchev–Trinajstić information content (AvgIpc) is 2.80. The zero-order chi connectivity index (χ0) is 17.4. The average molecular weight is 328 g/mol. The van der Waals surface area contributed by atoms with Gasteiger partial charge in [-0.1, -0.05) is 0 Å². The molecule has 1 unspecified atom stereocenters. The molecule has 8 heteroatoms. The summed E-state index contributed by atoms with van der Waals surface area (Å²) < 4.78 is 25.8. The monoisotopic (exact) mass is 328 g/mol. The molecule has 0 aliphatic carbocycles. The number of aromatic amines is 1. The summed E-state index contributed by atoms with van der Waals surface area (Å²) in [6.07, 6.45) is -1.87. The number of carbonyl (C=O) groups is 1. The molecule has 1 aromatic heterocycles. The number of nitrogens with zero attached hydrogens (tertiary/aromatic N) is 1. The fourth-order valence-electron chi connectivity index (χ4n) is 2.18. The summed E-state index contributed by atoms with van der Waals surface area (Å²) >= 11 is 0. The number of carbonyl (C=O) groups excluding carboxylic acids is 1. The van der Waals surface area contributed by atoms with Crippen LogP contribution >= 0.6 is 0 Å². The van der Waals surface area contributed by atoms with Gasteiger partial charge in [-0.05, 0) is 27.7 Å². The van der Waals surface area contributed by atoms with Crippen molar-refractivity contribution < 1.29 is 18.7 Å². The van der Waals surface area contributed by atoms with Crippen LogP contribution < -0.4 is 11.2 Å². The number of aromatic nitrogens is 2. The van der Waals surface area contributed by atoms with Crippen LogP contribution in [-0.4, -0.2) is 34.4 Å². The second-order valence-corrected chi connectivity index (χ2v) is 6.71. The Balaban J connectivity index is 2.07. The van der Waals surface area contributed by atoms with Crippen molar-refractivity contribution in [1.29, 1.82) is 0 Å². The lowest BCUT2D eigenvalue weighted by Crippen LogP contribution is -2.34. The van der Waals surface area contributed by atoms with Gasteiger partial charge in [0.1, 0.15) is 25.1 Å². The lowest BCUT2D eigenvalue weighted by molar-refractivity contribution is -0.158. The Morgan fingerprint density at radius 2 is 2.13 bits per heavy atom. The van der Waals surface area contributed by atoms with Gasteiger partial charge in [0.2, 0.25) is 0 Å². The standard InChI is InChI=1S/C15H21FN2O5/c1-8-6-18(14(21)17-12(8)19)11-5-9(16)10(23-11)7-22-13(20)15(2,3)4/h6,9-11H,5,7H2,1-4H3,(H,17,19,21)/t9?,10-,11-/m1/s1. The second kappa shape index (κ2) is 6.27. The van der Waals surface area contributed by atoms with Crippen LogP contribution in [0.4, 0.5) is 4.39 Å². The van der Waals surface area contributed by atoms with Gasteiger partial charge in [0.05, 0.1) is 5.41 Å². The van der Waals surface area contributed by atoms with E-state index in [1.807, 2.05) is 0 Å². The highest BCUT2D eigenvalue weighted by Gasteiger charge is 2.38. The molecular weight excluding hydrogens is 307 g/mol. The highest BCUT2D eigenvalue weighted by Crippen LogP contribution is 2.30. The molecule has 1 N–H and O–H groups in total. The van der Waals surface area contributed by atoms with Gasteiger partial charge in [0.15, 0.2) is 0 Å². The summed E-state index contributed by atoms with van der Waals surface area (Å²) in [5.74, 6) is -0.450. The lowest BCUT2D eigenvalue weighted by Gasteiger charge is -2.20. The van der Waals surface area contributed by atoms with Crippen molar-refractivity contribution in [2.75, 3.05) is 6.61 Å². The van der Waals surface area contributed by atoms with Gasteiger partial charge in [-0.3, -0.25) is 19.1 Å². The molecule has 0 spiro atoms. The van der Waals surface area contributed by atoms with Crippen LogP contribution in [0, 0.1) is 12.3 Å². The molecule has 0 aromatic carbocycles. The Labute approximate surface area is 132 Å². The molecule has 1 aromatic rings. The molecule has 23 heavy (non-hydrogen) atoms. The van der Waals surface area contributed by atoms with Gasteiger partial charge in [-0.2, -0.15) is 0 Å². The van der Waals surface area contributed by atoms with E-state index in [0.29, 0.717) is 5.56 Å². The molecule has 7 nitrogen and oxygen atoms in total. The molecule has 0 radical (unpaired) electrons. The third-order valence-corrected chi connectivity index (χ3v) is 3.61. The number of esters is 1. The van der Waals surface area contributed by atoms with Gasteiger partial charge in [0.25, 0.3) is 5.56 Å². The fourth-order valence-corrected chi connectivity index (χ4v) is 2.18. The maximum absolute atomic E-state index is 14.1. The molecular formula is C15H21FN2O5. The van der Waals surface area contributed by atoms with E-state index in [1.165, 1.54) is 6.20 Å². The summed E-state index contributed by atoms with van der Waals surface area (Å²) in [6.45, 7) is 6.42. The van der Waals surface area contributed by atoms with Crippen LogP contribution in [0.15, 0.2) is 15.8 Å². The number of nitrogens with one attached hydrogen (secondary N) is 1. The van der Waals surface area contributed by atoms with Crippen molar-refractivity contribution >= 4 is 5.97 Å². The Bertz CT molecular complexity index is 703. The first-order valence-corrected chi connectivity index (χ1v) is 7.38. The third kappa shape index (κ3) is 3.87. The zero-order valence-electron chi connectivity index (χ0n) is 13.6. The first-order valence-electron chi connectivity index (χ1n) is 7.38. The van der Waals surface area contributed by atoms with Crippen LogP contribution in [0.2, 0.25) is 0 Å². The molecule has 1 saturated heterocycles. The van der Waals surface area contributed by atoms with Crippen molar-refractivity contribution in [3.8, 4) is 0 Å². The molecule has 1 aliphatic rings. The van der Waals surface area contributed by atoms with Gasteiger partial charge >= 0.3 is 11.7 Å².